The Balaban J connectivity index is 2.27. The Morgan fingerprint density at radius 2 is 1.89 bits per heavy atom. The highest BCUT2D eigenvalue weighted by Gasteiger charge is 2.30. The predicted octanol–water partition coefficient (Wildman–Crippen LogP) is 2.63. The van der Waals surface area contributed by atoms with Crippen molar-refractivity contribution in [3.63, 3.8) is 0 Å². The number of ether oxygens (including phenoxy) is 2. The van der Waals surface area contributed by atoms with Crippen LogP contribution in [0.3, 0.4) is 0 Å². The second kappa shape index (κ2) is 4.88. The summed E-state index contributed by atoms with van der Waals surface area (Å²) in [5.41, 5.74) is 1.48. The minimum atomic E-state index is -0.966. The zero-order chi connectivity index (χ0) is 14.0. The summed E-state index contributed by atoms with van der Waals surface area (Å²) in [4.78, 5) is 23.0. The van der Waals surface area contributed by atoms with E-state index in [2.05, 4.69) is 0 Å². The molecular formula is C15H16O4. The number of ketones is 1. The van der Waals surface area contributed by atoms with Crippen LogP contribution in [0.25, 0.3) is 0 Å². The molecule has 1 aromatic carbocycles. The van der Waals surface area contributed by atoms with Crippen LogP contribution in [0, 0.1) is 0 Å². The Labute approximate surface area is 112 Å². The van der Waals surface area contributed by atoms with Crippen LogP contribution < -0.4 is 0 Å². The first-order chi connectivity index (χ1) is 8.87. The van der Waals surface area contributed by atoms with Gasteiger partial charge < -0.3 is 9.47 Å². The lowest BCUT2D eigenvalue weighted by Crippen LogP contribution is -2.34. The summed E-state index contributed by atoms with van der Waals surface area (Å²) >= 11 is 0. The fraction of sp³-hybridized carbons (Fsp3) is 0.333. The maximum absolute atomic E-state index is 11.5. The molecule has 1 aliphatic heterocycles. The van der Waals surface area contributed by atoms with Gasteiger partial charge >= 0.3 is 5.97 Å². The first-order valence-electron chi connectivity index (χ1n) is 6.09. The third-order valence-electron chi connectivity index (χ3n) is 2.76. The van der Waals surface area contributed by atoms with Crippen LogP contribution in [-0.2, 0) is 20.7 Å². The highest BCUT2D eigenvalue weighted by atomic mass is 16.7. The highest BCUT2D eigenvalue weighted by molar-refractivity contribution is 5.95. The van der Waals surface area contributed by atoms with Gasteiger partial charge in [0.2, 0.25) is 5.79 Å². The van der Waals surface area contributed by atoms with Gasteiger partial charge in [-0.05, 0) is 12.5 Å². The van der Waals surface area contributed by atoms with Crippen LogP contribution in [-0.4, -0.2) is 17.5 Å². The largest absolute Gasteiger partial charge is 0.457 e. The first-order valence-corrected chi connectivity index (χ1v) is 6.09. The normalized spacial score (nSPS) is 17.2. The molecule has 100 valence electrons. The molecule has 0 amide bonds. The van der Waals surface area contributed by atoms with E-state index in [1.807, 2.05) is 18.2 Å². The molecule has 1 aliphatic rings. The van der Waals surface area contributed by atoms with E-state index in [0.717, 1.165) is 5.56 Å². The van der Waals surface area contributed by atoms with Gasteiger partial charge in [-0.2, -0.15) is 0 Å². The summed E-state index contributed by atoms with van der Waals surface area (Å²) in [6, 6.07) is 7.29. The van der Waals surface area contributed by atoms with Gasteiger partial charge in [-0.25, -0.2) is 4.79 Å². The number of hydrogen-bond donors (Lipinski definition) is 0. The molecule has 0 saturated carbocycles. The zero-order valence-electron chi connectivity index (χ0n) is 11.2. The first kappa shape index (κ1) is 13.3. The molecule has 0 fully saturated rings. The molecule has 0 radical (unpaired) electrons. The molecule has 0 aromatic heterocycles. The average Bonchev–Trinajstić information content (AvgIpc) is 2.26. The van der Waals surface area contributed by atoms with E-state index in [4.69, 9.17) is 9.47 Å². The van der Waals surface area contributed by atoms with Crippen molar-refractivity contribution < 1.29 is 19.1 Å². The lowest BCUT2D eigenvalue weighted by atomic mass is 10.0. The molecule has 0 bridgehead atoms. The van der Waals surface area contributed by atoms with Crippen molar-refractivity contribution in [3.8, 4) is 0 Å². The molecule has 0 unspecified atom stereocenters. The van der Waals surface area contributed by atoms with Crippen molar-refractivity contribution in [2.75, 3.05) is 0 Å². The number of Topliss-reactive ketones (excluding diaryl/α,β-unsaturated/α-hetero) is 1. The van der Waals surface area contributed by atoms with Gasteiger partial charge in [-0.1, -0.05) is 24.3 Å². The second-order valence-electron chi connectivity index (χ2n) is 4.92. The molecule has 2 rings (SSSR count). The molecule has 4 nitrogen and oxygen atoms in total. The molecule has 1 aromatic rings. The number of carbonyl (C=O) groups is 2. The topological polar surface area (TPSA) is 52.6 Å². The van der Waals surface area contributed by atoms with Crippen molar-refractivity contribution in [2.45, 2.75) is 33.0 Å². The molecule has 0 spiro atoms. The Hall–Kier alpha value is -2.10. The van der Waals surface area contributed by atoms with E-state index in [-0.39, 0.29) is 5.78 Å². The molecule has 4 heteroatoms. The SMILES string of the molecule is CC(=O)c1ccccc1CC1=CC(=O)OC(C)(C)O1. The van der Waals surface area contributed by atoms with Crippen LogP contribution in [0.5, 0.6) is 0 Å². The van der Waals surface area contributed by atoms with E-state index in [1.165, 1.54) is 13.0 Å². The molecular weight excluding hydrogens is 244 g/mol. The van der Waals surface area contributed by atoms with Crippen molar-refractivity contribution in [1.82, 2.24) is 0 Å². The molecule has 19 heavy (non-hydrogen) atoms. The maximum atomic E-state index is 11.5. The molecule has 1 heterocycles. The van der Waals surface area contributed by atoms with Crippen LogP contribution >= 0.6 is 0 Å². The van der Waals surface area contributed by atoms with Crippen molar-refractivity contribution >= 4 is 11.8 Å². The van der Waals surface area contributed by atoms with E-state index >= 15 is 0 Å². The summed E-state index contributed by atoms with van der Waals surface area (Å²) in [6.45, 7) is 4.87. The summed E-state index contributed by atoms with van der Waals surface area (Å²) in [7, 11) is 0. The third kappa shape index (κ3) is 3.22. The number of esters is 1. The Morgan fingerprint density at radius 3 is 2.53 bits per heavy atom. The van der Waals surface area contributed by atoms with Crippen molar-refractivity contribution in [2.24, 2.45) is 0 Å². The summed E-state index contributed by atoms with van der Waals surface area (Å²) in [5, 5.41) is 0. The number of rotatable bonds is 3. The Morgan fingerprint density at radius 1 is 1.21 bits per heavy atom. The predicted molar refractivity (Wildman–Crippen MR) is 69.5 cm³/mol. The van der Waals surface area contributed by atoms with Gasteiger partial charge in [0.05, 0.1) is 6.08 Å². The van der Waals surface area contributed by atoms with Gasteiger partial charge in [-0.15, -0.1) is 0 Å². The van der Waals surface area contributed by atoms with Gasteiger partial charge in [0, 0.05) is 25.8 Å². The standard InChI is InChI=1S/C15H16O4/c1-10(16)13-7-5-4-6-11(13)8-12-9-14(17)19-15(2,3)18-12/h4-7,9H,8H2,1-3H3. The minimum absolute atomic E-state index is 0.00570. The molecule has 0 aliphatic carbocycles. The lowest BCUT2D eigenvalue weighted by molar-refractivity contribution is -0.205. The van der Waals surface area contributed by atoms with Gasteiger partial charge in [0.15, 0.2) is 5.78 Å². The fourth-order valence-corrected chi connectivity index (χ4v) is 2.06. The number of carbonyl (C=O) groups excluding carboxylic acids is 2. The molecule has 0 atom stereocenters. The zero-order valence-corrected chi connectivity index (χ0v) is 11.2. The van der Waals surface area contributed by atoms with E-state index in [0.29, 0.717) is 17.7 Å². The molecule has 0 N–H and O–H groups in total. The van der Waals surface area contributed by atoms with E-state index in [9.17, 15) is 9.59 Å². The quantitative estimate of drug-likeness (QED) is 0.619. The summed E-state index contributed by atoms with van der Waals surface area (Å²) in [5.74, 6) is -0.887. The average molecular weight is 260 g/mol. The summed E-state index contributed by atoms with van der Waals surface area (Å²) in [6.07, 6.45) is 1.72. The summed E-state index contributed by atoms with van der Waals surface area (Å²) < 4.78 is 10.6. The number of benzene rings is 1. The number of hydrogen-bond acceptors (Lipinski definition) is 4. The van der Waals surface area contributed by atoms with E-state index < -0.39 is 11.8 Å². The maximum Gasteiger partial charge on any atom is 0.337 e. The van der Waals surface area contributed by atoms with Crippen LogP contribution in [0.1, 0.15) is 36.7 Å². The Bertz CT molecular complexity index is 555. The van der Waals surface area contributed by atoms with Crippen LogP contribution in [0.15, 0.2) is 36.1 Å². The fourth-order valence-electron chi connectivity index (χ4n) is 2.06. The van der Waals surface area contributed by atoms with Crippen LogP contribution in [0.4, 0.5) is 0 Å². The molecule has 0 saturated heterocycles. The minimum Gasteiger partial charge on any atom is -0.457 e. The van der Waals surface area contributed by atoms with Gasteiger partial charge in [0.25, 0.3) is 0 Å². The van der Waals surface area contributed by atoms with Crippen molar-refractivity contribution in [3.05, 3.63) is 47.2 Å². The number of cyclic esters (lactones) is 1. The monoisotopic (exact) mass is 260 g/mol. The smallest absolute Gasteiger partial charge is 0.337 e. The lowest BCUT2D eigenvalue weighted by Gasteiger charge is -2.30. The second-order valence-corrected chi connectivity index (χ2v) is 4.92. The van der Waals surface area contributed by atoms with Gasteiger partial charge in [0.1, 0.15) is 5.76 Å². The van der Waals surface area contributed by atoms with E-state index in [1.54, 1.807) is 19.9 Å². The van der Waals surface area contributed by atoms with Crippen molar-refractivity contribution in [1.29, 1.82) is 0 Å². The highest BCUT2D eigenvalue weighted by Crippen LogP contribution is 2.25. The Kier molecular flexibility index (Phi) is 3.42. The third-order valence-corrected chi connectivity index (χ3v) is 2.76. The number of allylic oxidation sites excluding steroid dienone is 1. The van der Waals surface area contributed by atoms with Crippen LogP contribution in [0.2, 0.25) is 0 Å². The van der Waals surface area contributed by atoms with Gasteiger partial charge in [-0.3, -0.25) is 4.79 Å².